The van der Waals surface area contributed by atoms with Crippen molar-refractivity contribution in [3.8, 4) is 0 Å². The molecule has 8 heteroatoms. The molecule has 1 heterocycles. The number of anilines is 1. The van der Waals surface area contributed by atoms with Crippen LogP contribution in [0.5, 0.6) is 0 Å². The predicted molar refractivity (Wildman–Crippen MR) is 121 cm³/mol. The van der Waals surface area contributed by atoms with E-state index >= 15 is 0 Å². The van der Waals surface area contributed by atoms with Crippen molar-refractivity contribution in [3.05, 3.63) is 66.2 Å². The van der Waals surface area contributed by atoms with E-state index in [1.807, 2.05) is 42.5 Å². The molecule has 3 aromatic carbocycles. The fourth-order valence-corrected chi connectivity index (χ4v) is 5.45. The molecule has 154 valence electrons. The standard InChI is InChI=1S/C22H21N3O3S2/c1-3-25(2)30(27,28)17-11-12-19-20(14-17)29-22(23-19)24-21(26)13-16-9-6-8-15-7-4-5-10-18(15)16/h4-12,14H,3,13H2,1-2H3,(H,23,24,26). The normalized spacial score (nSPS) is 12.0. The monoisotopic (exact) mass is 439 g/mol. The van der Waals surface area contributed by atoms with Crippen molar-refractivity contribution in [1.29, 1.82) is 0 Å². The molecule has 0 saturated heterocycles. The number of carbonyl (C=O) groups is 1. The van der Waals surface area contributed by atoms with Crippen molar-refractivity contribution in [3.63, 3.8) is 0 Å². The summed E-state index contributed by atoms with van der Waals surface area (Å²) < 4.78 is 27.1. The van der Waals surface area contributed by atoms with Gasteiger partial charge in [0.05, 0.1) is 21.5 Å². The summed E-state index contributed by atoms with van der Waals surface area (Å²) in [6.45, 7) is 2.17. The van der Waals surface area contributed by atoms with E-state index in [1.54, 1.807) is 32.2 Å². The number of hydrogen-bond acceptors (Lipinski definition) is 5. The highest BCUT2D eigenvalue weighted by molar-refractivity contribution is 7.89. The van der Waals surface area contributed by atoms with E-state index in [4.69, 9.17) is 0 Å². The van der Waals surface area contributed by atoms with Crippen molar-refractivity contribution >= 4 is 53.4 Å². The summed E-state index contributed by atoms with van der Waals surface area (Å²) in [4.78, 5) is 17.3. The van der Waals surface area contributed by atoms with Crippen LogP contribution >= 0.6 is 11.3 Å². The molecule has 4 rings (SSSR count). The highest BCUT2D eigenvalue weighted by Gasteiger charge is 2.20. The molecule has 0 spiro atoms. The fraction of sp³-hybridized carbons (Fsp3) is 0.182. The van der Waals surface area contributed by atoms with Crippen LogP contribution in [0.3, 0.4) is 0 Å². The Bertz CT molecular complexity index is 1340. The van der Waals surface area contributed by atoms with Gasteiger partial charge in [0.1, 0.15) is 0 Å². The highest BCUT2D eigenvalue weighted by Crippen LogP contribution is 2.29. The number of amides is 1. The number of thiazole rings is 1. The third kappa shape index (κ3) is 3.94. The maximum absolute atomic E-state index is 12.6. The van der Waals surface area contributed by atoms with Gasteiger partial charge >= 0.3 is 0 Å². The van der Waals surface area contributed by atoms with Gasteiger partial charge in [0.25, 0.3) is 0 Å². The molecular weight excluding hydrogens is 418 g/mol. The van der Waals surface area contributed by atoms with Crippen LogP contribution in [-0.2, 0) is 21.2 Å². The van der Waals surface area contributed by atoms with Gasteiger partial charge in [0.15, 0.2) is 5.13 Å². The number of sulfonamides is 1. The topological polar surface area (TPSA) is 79.4 Å². The van der Waals surface area contributed by atoms with Gasteiger partial charge in [-0.25, -0.2) is 17.7 Å². The lowest BCUT2D eigenvalue weighted by atomic mass is 10.0. The van der Waals surface area contributed by atoms with Crippen LogP contribution in [0.15, 0.2) is 65.6 Å². The van der Waals surface area contributed by atoms with Crippen LogP contribution in [0.1, 0.15) is 12.5 Å². The summed E-state index contributed by atoms with van der Waals surface area (Å²) in [6.07, 6.45) is 0.234. The first-order chi connectivity index (χ1) is 14.4. The Hall–Kier alpha value is -2.81. The van der Waals surface area contributed by atoms with E-state index in [-0.39, 0.29) is 17.2 Å². The molecule has 0 aliphatic rings. The summed E-state index contributed by atoms with van der Waals surface area (Å²) >= 11 is 1.26. The maximum Gasteiger partial charge on any atom is 0.242 e. The van der Waals surface area contributed by atoms with E-state index in [9.17, 15) is 13.2 Å². The highest BCUT2D eigenvalue weighted by atomic mass is 32.2. The van der Waals surface area contributed by atoms with Crippen molar-refractivity contribution < 1.29 is 13.2 Å². The van der Waals surface area contributed by atoms with Gasteiger partial charge in [0.2, 0.25) is 15.9 Å². The van der Waals surface area contributed by atoms with Gasteiger partial charge in [-0.3, -0.25) is 4.79 Å². The third-order valence-electron chi connectivity index (χ3n) is 4.99. The molecule has 6 nitrogen and oxygen atoms in total. The number of aromatic nitrogens is 1. The maximum atomic E-state index is 12.6. The van der Waals surface area contributed by atoms with E-state index in [0.29, 0.717) is 21.9 Å². The number of rotatable bonds is 6. The van der Waals surface area contributed by atoms with Crippen molar-refractivity contribution in [2.45, 2.75) is 18.2 Å². The fourth-order valence-electron chi connectivity index (χ4n) is 3.25. The molecular formula is C22H21N3O3S2. The average Bonchev–Trinajstić information content (AvgIpc) is 3.14. The molecule has 1 amide bonds. The minimum Gasteiger partial charge on any atom is -0.302 e. The molecule has 1 N–H and O–H groups in total. The zero-order chi connectivity index (χ0) is 21.3. The summed E-state index contributed by atoms with van der Waals surface area (Å²) in [5, 5.41) is 5.44. The van der Waals surface area contributed by atoms with Crippen LogP contribution < -0.4 is 5.32 Å². The van der Waals surface area contributed by atoms with E-state index in [2.05, 4.69) is 10.3 Å². The Morgan fingerprint density at radius 1 is 1.10 bits per heavy atom. The van der Waals surface area contributed by atoms with Gasteiger partial charge in [-0.05, 0) is 34.5 Å². The molecule has 0 aliphatic heterocycles. The first kappa shape index (κ1) is 20.5. The van der Waals surface area contributed by atoms with E-state index in [0.717, 1.165) is 16.3 Å². The van der Waals surface area contributed by atoms with Crippen molar-refractivity contribution in [2.24, 2.45) is 0 Å². The molecule has 0 fully saturated rings. The molecule has 0 unspecified atom stereocenters. The molecule has 1 aromatic heterocycles. The van der Waals surface area contributed by atoms with Gasteiger partial charge in [0, 0.05) is 13.6 Å². The second-order valence-electron chi connectivity index (χ2n) is 6.93. The number of nitrogens with zero attached hydrogens (tertiary/aromatic N) is 2. The van der Waals surface area contributed by atoms with Crippen LogP contribution in [-0.4, -0.2) is 37.2 Å². The number of fused-ring (bicyclic) bond motifs is 2. The van der Waals surface area contributed by atoms with Crippen LogP contribution in [0.2, 0.25) is 0 Å². The second kappa shape index (κ2) is 8.14. The zero-order valence-corrected chi connectivity index (χ0v) is 18.3. The van der Waals surface area contributed by atoms with Crippen molar-refractivity contribution in [1.82, 2.24) is 9.29 Å². The second-order valence-corrected chi connectivity index (χ2v) is 10.0. The average molecular weight is 440 g/mol. The van der Waals surface area contributed by atoms with Gasteiger partial charge in [-0.1, -0.05) is 60.7 Å². The summed E-state index contributed by atoms with van der Waals surface area (Å²) in [6, 6.07) is 18.7. The number of benzene rings is 3. The van der Waals surface area contributed by atoms with E-state index in [1.165, 1.54) is 15.6 Å². The summed E-state index contributed by atoms with van der Waals surface area (Å²) in [5.41, 5.74) is 1.60. The lowest BCUT2D eigenvalue weighted by Gasteiger charge is -2.14. The molecule has 0 saturated carbocycles. The van der Waals surface area contributed by atoms with Gasteiger partial charge < -0.3 is 5.32 Å². The molecule has 0 radical (unpaired) electrons. The summed E-state index contributed by atoms with van der Waals surface area (Å²) in [7, 11) is -1.98. The van der Waals surface area contributed by atoms with E-state index < -0.39 is 10.0 Å². The molecule has 30 heavy (non-hydrogen) atoms. The number of nitrogens with one attached hydrogen (secondary N) is 1. The molecule has 0 bridgehead atoms. The third-order valence-corrected chi connectivity index (χ3v) is 7.85. The largest absolute Gasteiger partial charge is 0.302 e. The Labute approximate surface area is 179 Å². The first-order valence-electron chi connectivity index (χ1n) is 9.52. The van der Waals surface area contributed by atoms with Crippen LogP contribution in [0.25, 0.3) is 21.0 Å². The summed E-state index contributed by atoms with van der Waals surface area (Å²) in [5.74, 6) is -0.163. The Morgan fingerprint density at radius 3 is 2.67 bits per heavy atom. The zero-order valence-electron chi connectivity index (χ0n) is 16.6. The molecule has 0 atom stereocenters. The van der Waals surface area contributed by atoms with Crippen LogP contribution in [0, 0.1) is 0 Å². The van der Waals surface area contributed by atoms with Crippen LogP contribution in [0.4, 0.5) is 5.13 Å². The first-order valence-corrected chi connectivity index (χ1v) is 11.8. The number of carbonyl (C=O) groups excluding carboxylic acids is 1. The van der Waals surface area contributed by atoms with Gasteiger partial charge in [-0.2, -0.15) is 0 Å². The SMILES string of the molecule is CCN(C)S(=O)(=O)c1ccc2nc(NC(=O)Cc3cccc4ccccc34)sc2c1. The number of hydrogen-bond donors (Lipinski definition) is 1. The molecule has 0 aliphatic carbocycles. The Kier molecular flexibility index (Phi) is 5.55. The minimum absolute atomic E-state index is 0.163. The molecule has 4 aromatic rings. The Morgan fingerprint density at radius 2 is 1.87 bits per heavy atom. The quantitative estimate of drug-likeness (QED) is 0.487. The lowest BCUT2D eigenvalue weighted by molar-refractivity contribution is -0.115. The Balaban J connectivity index is 1.56. The lowest BCUT2D eigenvalue weighted by Crippen LogP contribution is -2.26. The predicted octanol–water partition coefficient (Wildman–Crippen LogP) is 4.27. The smallest absolute Gasteiger partial charge is 0.242 e. The van der Waals surface area contributed by atoms with Crippen molar-refractivity contribution in [2.75, 3.05) is 18.9 Å². The van der Waals surface area contributed by atoms with Gasteiger partial charge in [-0.15, -0.1) is 0 Å². The minimum atomic E-state index is -3.53.